The Morgan fingerprint density at radius 2 is 2.04 bits per heavy atom. The summed E-state index contributed by atoms with van der Waals surface area (Å²) in [4.78, 5) is 16.7. The van der Waals surface area contributed by atoms with Crippen LogP contribution < -0.4 is 10.1 Å². The number of anilines is 1. The van der Waals surface area contributed by atoms with Crippen LogP contribution >= 0.6 is 11.3 Å². The molecule has 6 heteroatoms. The fraction of sp³-hybridized carbons (Fsp3) is 0.167. The molecule has 1 N–H and O–H groups in total. The molecular formula is C18H15N3O2S. The van der Waals surface area contributed by atoms with Crippen LogP contribution in [0.1, 0.15) is 18.1 Å². The maximum absolute atomic E-state index is 12.3. The van der Waals surface area contributed by atoms with Crippen LogP contribution in [0.4, 0.5) is 5.13 Å². The van der Waals surface area contributed by atoms with Gasteiger partial charge in [-0.2, -0.15) is 5.26 Å². The van der Waals surface area contributed by atoms with Crippen LogP contribution in [0.15, 0.2) is 42.5 Å². The van der Waals surface area contributed by atoms with E-state index in [0.29, 0.717) is 16.4 Å². The average Bonchev–Trinajstić information content (AvgIpc) is 2.96. The Balaban J connectivity index is 1.67. The van der Waals surface area contributed by atoms with Crippen molar-refractivity contribution in [2.45, 2.75) is 20.0 Å². The molecule has 1 atom stereocenters. The van der Waals surface area contributed by atoms with Crippen molar-refractivity contribution >= 4 is 32.6 Å². The minimum absolute atomic E-state index is 0.268. The molecule has 0 saturated heterocycles. The van der Waals surface area contributed by atoms with Crippen LogP contribution in [0.25, 0.3) is 10.2 Å². The van der Waals surface area contributed by atoms with Gasteiger partial charge in [0.2, 0.25) is 0 Å². The average molecular weight is 337 g/mol. The number of nitriles is 1. The van der Waals surface area contributed by atoms with E-state index in [2.05, 4.69) is 10.3 Å². The quantitative estimate of drug-likeness (QED) is 0.784. The molecular weight excluding hydrogens is 322 g/mol. The summed E-state index contributed by atoms with van der Waals surface area (Å²) < 4.78 is 6.63. The van der Waals surface area contributed by atoms with Crippen molar-refractivity contribution in [3.8, 4) is 11.8 Å². The van der Waals surface area contributed by atoms with Gasteiger partial charge in [0, 0.05) is 0 Å². The molecule has 0 aliphatic carbocycles. The number of nitrogens with zero attached hydrogens (tertiary/aromatic N) is 2. The van der Waals surface area contributed by atoms with Gasteiger partial charge in [-0.3, -0.25) is 10.1 Å². The molecule has 120 valence electrons. The lowest BCUT2D eigenvalue weighted by atomic mass is 10.2. The molecule has 1 aromatic heterocycles. The highest BCUT2D eigenvalue weighted by Gasteiger charge is 2.16. The lowest BCUT2D eigenvalue weighted by Gasteiger charge is -2.13. The molecule has 3 rings (SSSR count). The first kappa shape index (κ1) is 16.0. The predicted octanol–water partition coefficient (Wildman–Crippen LogP) is 3.88. The molecule has 0 aliphatic heterocycles. The molecule has 24 heavy (non-hydrogen) atoms. The molecule has 2 aromatic carbocycles. The summed E-state index contributed by atoms with van der Waals surface area (Å²) in [5, 5.41) is 12.1. The van der Waals surface area contributed by atoms with E-state index < -0.39 is 6.10 Å². The monoisotopic (exact) mass is 337 g/mol. The SMILES string of the molecule is Cc1ccc2nc(NC(=O)C(C)Oc3ccc(C#N)cc3)sc2c1. The second kappa shape index (κ2) is 6.69. The fourth-order valence-corrected chi connectivity index (χ4v) is 3.12. The van der Waals surface area contributed by atoms with Crippen LogP contribution in [-0.4, -0.2) is 17.0 Å². The smallest absolute Gasteiger partial charge is 0.266 e. The third kappa shape index (κ3) is 3.53. The molecule has 1 unspecified atom stereocenters. The standard InChI is InChI=1S/C18H15N3O2S/c1-11-3-8-15-16(9-11)24-18(20-15)21-17(22)12(2)23-14-6-4-13(10-19)5-7-14/h3-9,12H,1-2H3,(H,20,21,22). The number of fused-ring (bicyclic) bond motifs is 1. The summed E-state index contributed by atoms with van der Waals surface area (Å²) in [6.07, 6.45) is -0.674. The van der Waals surface area contributed by atoms with Crippen molar-refractivity contribution in [3.05, 3.63) is 53.6 Å². The molecule has 5 nitrogen and oxygen atoms in total. The van der Waals surface area contributed by atoms with Crippen LogP contribution in [-0.2, 0) is 4.79 Å². The zero-order valence-electron chi connectivity index (χ0n) is 13.2. The van der Waals surface area contributed by atoms with Gasteiger partial charge in [0.15, 0.2) is 11.2 Å². The van der Waals surface area contributed by atoms with Crippen LogP contribution in [0.3, 0.4) is 0 Å². The number of rotatable bonds is 4. The minimum atomic E-state index is -0.674. The summed E-state index contributed by atoms with van der Waals surface area (Å²) in [6.45, 7) is 3.69. The number of nitrogens with one attached hydrogen (secondary N) is 1. The molecule has 0 fully saturated rings. The maximum Gasteiger partial charge on any atom is 0.266 e. The van der Waals surface area contributed by atoms with Gasteiger partial charge in [-0.15, -0.1) is 0 Å². The summed E-state index contributed by atoms with van der Waals surface area (Å²) in [6, 6.07) is 14.6. The van der Waals surface area contributed by atoms with Gasteiger partial charge < -0.3 is 4.74 Å². The third-order valence-corrected chi connectivity index (χ3v) is 4.37. The predicted molar refractivity (Wildman–Crippen MR) is 94.2 cm³/mol. The summed E-state index contributed by atoms with van der Waals surface area (Å²) in [7, 11) is 0. The lowest BCUT2D eigenvalue weighted by molar-refractivity contribution is -0.122. The Bertz CT molecular complexity index is 926. The van der Waals surface area contributed by atoms with E-state index in [4.69, 9.17) is 10.00 Å². The first-order valence-electron chi connectivity index (χ1n) is 7.40. The van der Waals surface area contributed by atoms with Crippen molar-refractivity contribution in [2.24, 2.45) is 0 Å². The van der Waals surface area contributed by atoms with Crippen LogP contribution in [0.2, 0.25) is 0 Å². The van der Waals surface area contributed by atoms with E-state index in [1.807, 2.05) is 31.2 Å². The summed E-state index contributed by atoms with van der Waals surface area (Å²) in [5.41, 5.74) is 2.56. The highest BCUT2D eigenvalue weighted by atomic mass is 32.1. The Morgan fingerprint density at radius 1 is 1.29 bits per heavy atom. The number of amides is 1. The van der Waals surface area contributed by atoms with Gasteiger partial charge >= 0.3 is 0 Å². The van der Waals surface area contributed by atoms with E-state index >= 15 is 0 Å². The normalized spacial score (nSPS) is 11.7. The minimum Gasteiger partial charge on any atom is -0.481 e. The Hall–Kier alpha value is -2.91. The van der Waals surface area contributed by atoms with E-state index in [9.17, 15) is 4.79 Å². The van der Waals surface area contributed by atoms with Gasteiger partial charge in [0.25, 0.3) is 5.91 Å². The van der Waals surface area contributed by atoms with Gasteiger partial charge in [-0.1, -0.05) is 17.4 Å². The first-order chi connectivity index (χ1) is 11.5. The Labute approximate surface area is 143 Å². The molecule has 3 aromatic rings. The van der Waals surface area contributed by atoms with Crippen molar-refractivity contribution in [3.63, 3.8) is 0 Å². The molecule has 0 bridgehead atoms. The number of benzene rings is 2. The van der Waals surface area contributed by atoms with Crippen molar-refractivity contribution in [2.75, 3.05) is 5.32 Å². The molecule has 1 amide bonds. The highest BCUT2D eigenvalue weighted by Crippen LogP contribution is 2.26. The number of hydrogen-bond donors (Lipinski definition) is 1. The molecule has 0 saturated carbocycles. The van der Waals surface area contributed by atoms with Crippen LogP contribution in [0.5, 0.6) is 5.75 Å². The van der Waals surface area contributed by atoms with Gasteiger partial charge in [-0.25, -0.2) is 4.98 Å². The van der Waals surface area contributed by atoms with Gasteiger partial charge in [0.1, 0.15) is 5.75 Å². The third-order valence-electron chi connectivity index (χ3n) is 3.44. The molecule has 1 heterocycles. The number of carbonyl (C=O) groups is 1. The fourth-order valence-electron chi connectivity index (χ4n) is 2.16. The van der Waals surface area contributed by atoms with Gasteiger partial charge in [0.05, 0.1) is 21.8 Å². The number of aryl methyl sites for hydroxylation is 1. The molecule has 0 aliphatic rings. The second-order valence-corrected chi connectivity index (χ2v) is 6.41. The number of aromatic nitrogens is 1. The van der Waals surface area contributed by atoms with Crippen molar-refractivity contribution < 1.29 is 9.53 Å². The second-order valence-electron chi connectivity index (χ2n) is 5.38. The first-order valence-corrected chi connectivity index (χ1v) is 8.21. The lowest BCUT2D eigenvalue weighted by Crippen LogP contribution is -2.30. The van der Waals surface area contributed by atoms with E-state index in [-0.39, 0.29) is 5.91 Å². The van der Waals surface area contributed by atoms with E-state index in [1.54, 1.807) is 31.2 Å². The number of ether oxygens (including phenoxy) is 1. The number of carbonyl (C=O) groups excluding carboxylic acids is 1. The van der Waals surface area contributed by atoms with Crippen LogP contribution in [0, 0.1) is 18.3 Å². The Kier molecular flexibility index (Phi) is 4.45. The zero-order chi connectivity index (χ0) is 17.1. The maximum atomic E-state index is 12.3. The van der Waals surface area contributed by atoms with Crippen molar-refractivity contribution in [1.29, 1.82) is 5.26 Å². The van der Waals surface area contributed by atoms with Crippen molar-refractivity contribution in [1.82, 2.24) is 4.98 Å². The summed E-state index contributed by atoms with van der Waals surface area (Å²) >= 11 is 1.43. The number of thiazole rings is 1. The molecule has 0 radical (unpaired) electrons. The highest BCUT2D eigenvalue weighted by molar-refractivity contribution is 7.22. The van der Waals surface area contributed by atoms with E-state index in [1.165, 1.54) is 11.3 Å². The van der Waals surface area contributed by atoms with Gasteiger partial charge in [-0.05, 0) is 55.8 Å². The van der Waals surface area contributed by atoms with E-state index in [0.717, 1.165) is 15.8 Å². The zero-order valence-corrected chi connectivity index (χ0v) is 14.1. The topological polar surface area (TPSA) is 75.0 Å². The largest absolute Gasteiger partial charge is 0.481 e. The summed E-state index contributed by atoms with van der Waals surface area (Å²) in [5.74, 6) is 0.270. The molecule has 0 spiro atoms. The Morgan fingerprint density at radius 3 is 2.75 bits per heavy atom. The number of hydrogen-bond acceptors (Lipinski definition) is 5.